The molecule has 0 aromatic heterocycles. The number of hydrazine groups is 1. The summed E-state index contributed by atoms with van der Waals surface area (Å²) in [5, 5.41) is 0. The number of sulfonamides is 1. The average Bonchev–Trinajstić information content (AvgIpc) is 2.47. The summed E-state index contributed by atoms with van der Waals surface area (Å²) in [6.07, 6.45) is 0.910. The predicted molar refractivity (Wildman–Crippen MR) is 80.9 cm³/mol. The molecule has 2 aromatic rings. The van der Waals surface area contributed by atoms with E-state index < -0.39 is 10.0 Å². The molecular weight excluding hydrogens is 274 g/mol. The number of rotatable bonds is 5. The molecule has 2 aromatic carbocycles. The maximum atomic E-state index is 12.3. The first-order valence-corrected chi connectivity index (χ1v) is 7.72. The van der Waals surface area contributed by atoms with Crippen LogP contribution in [0.25, 0.3) is 0 Å². The van der Waals surface area contributed by atoms with Crippen molar-refractivity contribution in [3.8, 4) is 0 Å². The van der Waals surface area contributed by atoms with Crippen LogP contribution in [0.15, 0.2) is 53.4 Å². The van der Waals surface area contributed by atoms with E-state index in [1.807, 2.05) is 19.1 Å². The van der Waals surface area contributed by atoms with Crippen molar-refractivity contribution in [2.75, 3.05) is 10.1 Å². The van der Waals surface area contributed by atoms with Gasteiger partial charge in [-0.2, -0.15) is 0 Å². The third-order valence-corrected chi connectivity index (χ3v) is 4.39. The average molecular weight is 291 g/mol. The molecule has 6 heteroatoms. The molecule has 0 spiro atoms. The van der Waals surface area contributed by atoms with E-state index >= 15 is 0 Å². The highest BCUT2D eigenvalue weighted by Gasteiger charge is 2.17. The van der Waals surface area contributed by atoms with Gasteiger partial charge in [-0.25, -0.2) is 8.42 Å². The van der Waals surface area contributed by atoms with Gasteiger partial charge in [-0.1, -0.05) is 31.2 Å². The molecule has 0 aliphatic carbocycles. The topological polar surface area (TPSA) is 84.2 Å². The Morgan fingerprint density at radius 2 is 1.70 bits per heavy atom. The van der Waals surface area contributed by atoms with Crippen LogP contribution in [-0.4, -0.2) is 8.42 Å². The monoisotopic (exact) mass is 291 g/mol. The molecule has 106 valence electrons. The summed E-state index contributed by atoms with van der Waals surface area (Å²) in [6.45, 7) is 2.04. The van der Waals surface area contributed by atoms with Crippen molar-refractivity contribution < 1.29 is 8.42 Å². The maximum Gasteiger partial charge on any atom is 0.264 e. The Hall–Kier alpha value is -2.05. The fraction of sp³-hybridized carbons (Fsp3) is 0.143. The van der Waals surface area contributed by atoms with E-state index in [0.29, 0.717) is 11.4 Å². The Morgan fingerprint density at radius 3 is 2.30 bits per heavy atom. The van der Waals surface area contributed by atoms with E-state index in [1.54, 1.807) is 30.3 Å². The largest absolute Gasteiger partial charge is 0.323 e. The van der Waals surface area contributed by atoms with Crippen LogP contribution in [0.4, 0.5) is 11.4 Å². The van der Waals surface area contributed by atoms with Crippen LogP contribution in [0.1, 0.15) is 12.5 Å². The number of benzene rings is 2. The molecule has 0 saturated heterocycles. The maximum absolute atomic E-state index is 12.3. The van der Waals surface area contributed by atoms with Crippen LogP contribution in [-0.2, 0) is 16.4 Å². The van der Waals surface area contributed by atoms with Crippen LogP contribution in [0.5, 0.6) is 0 Å². The van der Waals surface area contributed by atoms with Gasteiger partial charge < -0.3 is 5.43 Å². The normalized spacial score (nSPS) is 11.1. The summed E-state index contributed by atoms with van der Waals surface area (Å²) in [5.41, 5.74) is 4.41. The van der Waals surface area contributed by atoms with E-state index in [9.17, 15) is 8.42 Å². The zero-order valence-corrected chi connectivity index (χ0v) is 11.9. The molecule has 20 heavy (non-hydrogen) atoms. The van der Waals surface area contributed by atoms with Crippen molar-refractivity contribution in [3.63, 3.8) is 0 Å². The highest BCUT2D eigenvalue weighted by atomic mass is 32.2. The minimum atomic E-state index is -3.67. The summed E-state index contributed by atoms with van der Waals surface area (Å²) < 4.78 is 27.2. The molecule has 0 amide bonds. The molecule has 4 N–H and O–H groups in total. The van der Waals surface area contributed by atoms with Gasteiger partial charge in [-0.15, -0.1) is 0 Å². The lowest BCUT2D eigenvalue weighted by molar-refractivity contribution is 0.601. The molecular formula is C14H17N3O2S. The van der Waals surface area contributed by atoms with Gasteiger partial charge in [0.2, 0.25) is 0 Å². The number of hydrogen-bond acceptors (Lipinski definition) is 4. The second-order valence-electron chi connectivity index (χ2n) is 4.30. The lowest BCUT2D eigenvalue weighted by Gasteiger charge is -2.12. The van der Waals surface area contributed by atoms with Gasteiger partial charge in [0.25, 0.3) is 10.0 Å². The Kier molecular flexibility index (Phi) is 4.26. The Labute approximate surface area is 118 Å². The van der Waals surface area contributed by atoms with Crippen molar-refractivity contribution in [1.82, 2.24) is 0 Å². The molecule has 5 nitrogen and oxygen atoms in total. The molecule has 0 bridgehead atoms. The quantitative estimate of drug-likeness (QED) is 0.583. The molecule has 0 unspecified atom stereocenters. The first-order chi connectivity index (χ1) is 9.56. The van der Waals surface area contributed by atoms with Gasteiger partial charge in [-0.3, -0.25) is 10.6 Å². The fourth-order valence-electron chi connectivity index (χ4n) is 1.84. The Balaban J connectivity index is 2.30. The second kappa shape index (κ2) is 5.94. The summed E-state index contributed by atoms with van der Waals surface area (Å²) in [6, 6.07) is 13.7. The van der Waals surface area contributed by atoms with Crippen LogP contribution in [0.2, 0.25) is 0 Å². The zero-order valence-electron chi connectivity index (χ0n) is 11.1. The van der Waals surface area contributed by atoms with Crippen molar-refractivity contribution in [2.24, 2.45) is 5.84 Å². The van der Waals surface area contributed by atoms with E-state index in [2.05, 4.69) is 10.1 Å². The first kappa shape index (κ1) is 14.4. The minimum absolute atomic E-state index is 0.113. The predicted octanol–water partition coefficient (Wildman–Crippen LogP) is 2.34. The zero-order chi connectivity index (χ0) is 14.6. The second-order valence-corrected chi connectivity index (χ2v) is 5.95. The van der Waals surface area contributed by atoms with Gasteiger partial charge in [0, 0.05) is 5.69 Å². The molecule has 0 atom stereocenters. The highest BCUT2D eigenvalue weighted by Crippen LogP contribution is 2.22. The number of para-hydroxylation sites is 1. The third kappa shape index (κ3) is 3.09. The summed E-state index contributed by atoms with van der Waals surface area (Å²) >= 11 is 0. The van der Waals surface area contributed by atoms with Crippen molar-refractivity contribution in [3.05, 3.63) is 54.1 Å². The number of nitrogens with two attached hydrogens (primary N) is 1. The van der Waals surface area contributed by atoms with E-state index in [-0.39, 0.29) is 4.90 Å². The Morgan fingerprint density at radius 1 is 1.05 bits per heavy atom. The highest BCUT2D eigenvalue weighted by molar-refractivity contribution is 7.92. The summed E-state index contributed by atoms with van der Waals surface area (Å²) in [5.74, 6) is 5.34. The lowest BCUT2D eigenvalue weighted by Crippen LogP contribution is -2.17. The van der Waals surface area contributed by atoms with Gasteiger partial charge >= 0.3 is 0 Å². The number of aryl methyl sites for hydroxylation is 1. The van der Waals surface area contributed by atoms with Gasteiger partial charge in [0.05, 0.1) is 5.69 Å². The summed E-state index contributed by atoms with van der Waals surface area (Å²) in [4.78, 5) is 0.113. The molecule has 2 rings (SSSR count). The van der Waals surface area contributed by atoms with Crippen LogP contribution >= 0.6 is 0 Å². The molecule has 0 saturated carbocycles. The molecule has 0 radical (unpaired) electrons. The molecule has 0 aliphatic rings. The van der Waals surface area contributed by atoms with Crippen LogP contribution in [0, 0.1) is 0 Å². The standard InChI is InChI=1S/C14H17N3O2S/c1-2-11-7-9-12(10-8-11)17-20(18,19)14-6-4-3-5-13(14)16-15/h3-10,16-17H,2,15H2,1H3. The number of anilines is 2. The smallest absolute Gasteiger partial charge is 0.264 e. The fourth-order valence-corrected chi connectivity index (χ4v) is 3.07. The van der Waals surface area contributed by atoms with Crippen LogP contribution in [0.3, 0.4) is 0 Å². The van der Waals surface area contributed by atoms with Crippen molar-refractivity contribution in [1.29, 1.82) is 0 Å². The molecule has 0 fully saturated rings. The van der Waals surface area contributed by atoms with Gasteiger partial charge in [0.15, 0.2) is 0 Å². The van der Waals surface area contributed by atoms with Crippen molar-refractivity contribution >= 4 is 21.4 Å². The molecule has 0 heterocycles. The number of hydrogen-bond donors (Lipinski definition) is 3. The Bertz CT molecular complexity index is 682. The van der Waals surface area contributed by atoms with E-state index in [0.717, 1.165) is 12.0 Å². The van der Waals surface area contributed by atoms with Crippen molar-refractivity contribution in [2.45, 2.75) is 18.2 Å². The molecule has 0 aliphatic heterocycles. The van der Waals surface area contributed by atoms with Crippen LogP contribution < -0.4 is 16.0 Å². The van der Waals surface area contributed by atoms with Gasteiger partial charge in [-0.05, 0) is 36.2 Å². The van der Waals surface area contributed by atoms with Gasteiger partial charge in [0.1, 0.15) is 4.90 Å². The van der Waals surface area contributed by atoms with E-state index in [1.165, 1.54) is 6.07 Å². The first-order valence-electron chi connectivity index (χ1n) is 6.24. The third-order valence-electron chi connectivity index (χ3n) is 2.95. The number of nitrogen functional groups attached to an aromatic ring is 1. The lowest BCUT2D eigenvalue weighted by atomic mass is 10.2. The number of nitrogens with one attached hydrogen (secondary N) is 2. The summed E-state index contributed by atoms with van der Waals surface area (Å²) in [7, 11) is -3.67. The van der Waals surface area contributed by atoms with E-state index in [4.69, 9.17) is 5.84 Å². The SMILES string of the molecule is CCc1ccc(NS(=O)(=O)c2ccccc2NN)cc1. The minimum Gasteiger partial charge on any atom is -0.323 e.